The minimum absolute atomic E-state index is 0.0132. The molecule has 0 spiro atoms. The van der Waals surface area contributed by atoms with Crippen LogP contribution < -0.4 is 0 Å². The number of nitrogens with zero attached hydrogens (tertiary/aromatic N) is 3. The van der Waals surface area contributed by atoms with Crippen molar-refractivity contribution in [2.75, 3.05) is 33.2 Å². The average molecular weight is 446 g/mol. The topological polar surface area (TPSA) is 26.8 Å². The number of carbonyl (C=O) groups excluding carboxylic acids is 1. The Morgan fingerprint density at radius 1 is 1.03 bits per heavy atom. The number of amides is 1. The lowest BCUT2D eigenvalue weighted by atomic mass is 9.95. The number of carbonyl (C=O) groups is 1. The fourth-order valence-corrected chi connectivity index (χ4v) is 5.14. The molecule has 4 nitrogen and oxygen atoms in total. The van der Waals surface area contributed by atoms with Crippen LogP contribution in [-0.2, 0) is 6.54 Å². The number of rotatable bonds is 5. The Morgan fingerprint density at radius 3 is 2.47 bits per heavy atom. The Hall–Kier alpha value is -1.59. The predicted molar refractivity (Wildman–Crippen MR) is 123 cm³/mol. The second-order valence-corrected chi connectivity index (χ2v) is 9.25. The third-order valence-corrected chi connectivity index (χ3v) is 7.21. The Balaban J connectivity index is 1.50. The maximum Gasteiger partial charge on any atom is 0.253 e. The molecule has 160 valence electrons. The first-order chi connectivity index (χ1) is 14.5. The van der Waals surface area contributed by atoms with Gasteiger partial charge in [0, 0.05) is 44.3 Å². The van der Waals surface area contributed by atoms with Crippen LogP contribution in [0, 0.1) is 0 Å². The molecular weight excluding hydrogens is 417 g/mol. The van der Waals surface area contributed by atoms with Gasteiger partial charge in [0.2, 0.25) is 0 Å². The summed E-state index contributed by atoms with van der Waals surface area (Å²) < 4.78 is 0. The first-order valence-corrected chi connectivity index (χ1v) is 11.5. The van der Waals surface area contributed by atoms with E-state index in [2.05, 4.69) is 40.1 Å². The number of piperidine rings is 1. The standard InChI is InChI=1S/C24H29Cl2N3O/c1-27(24(30)19-9-10-20(25)21(26)15-19)22-11-14-28(16-18-7-3-2-4-8-18)17-23(22)29-12-5-6-13-29/h2-4,7-10,15,22-23H,5-6,11-14,16-17H2,1H3. The van der Waals surface area contributed by atoms with Crippen LogP contribution in [0.15, 0.2) is 48.5 Å². The van der Waals surface area contributed by atoms with Gasteiger partial charge in [-0.25, -0.2) is 0 Å². The molecule has 2 aliphatic rings. The first kappa shape index (κ1) is 21.6. The van der Waals surface area contributed by atoms with Crippen molar-refractivity contribution in [3.63, 3.8) is 0 Å². The van der Waals surface area contributed by atoms with Gasteiger partial charge in [-0.1, -0.05) is 53.5 Å². The number of hydrogen-bond acceptors (Lipinski definition) is 3. The summed E-state index contributed by atoms with van der Waals surface area (Å²) in [7, 11) is 1.94. The summed E-state index contributed by atoms with van der Waals surface area (Å²) in [6.45, 7) is 5.17. The molecule has 4 rings (SSSR count). The molecule has 2 atom stereocenters. The summed E-state index contributed by atoms with van der Waals surface area (Å²) in [5.74, 6) is 0.0132. The van der Waals surface area contributed by atoms with Crippen molar-refractivity contribution in [2.45, 2.75) is 37.9 Å². The minimum Gasteiger partial charge on any atom is -0.337 e. The van der Waals surface area contributed by atoms with E-state index in [1.165, 1.54) is 18.4 Å². The molecule has 30 heavy (non-hydrogen) atoms. The zero-order valence-electron chi connectivity index (χ0n) is 17.4. The van der Waals surface area contributed by atoms with Gasteiger partial charge >= 0.3 is 0 Å². The molecule has 2 aromatic rings. The van der Waals surface area contributed by atoms with Gasteiger partial charge in [0.1, 0.15) is 0 Å². The fraction of sp³-hybridized carbons (Fsp3) is 0.458. The van der Waals surface area contributed by atoms with E-state index in [1.807, 2.05) is 11.9 Å². The molecule has 0 radical (unpaired) electrons. The van der Waals surface area contributed by atoms with E-state index in [9.17, 15) is 4.79 Å². The van der Waals surface area contributed by atoms with E-state index < -0.39 is 0 Å². The van der Waals surface area contributed by atoms with Crippen LogP contribution in [0.1, 0.15) is 35.2 Å². The van der Waals surface area contributed by atoms with Gasteiger partial charge in [-0.05, 0) is 56.1 Å². The second kappa shape index (κ2) is 9.69. The number of likely N-dealkylation sites (tertiary alicyclic amines) is 2. The summed E-state index contributed by atoms with van der Waals surface area (Å²) in [6.07, 6.45) is 3.45. The molecule has 2 aliphatic heterocycles. The lowest BCUT2D eigenvalue weighted by molar-refractivity contribution is 0.0267. The Bertz CT molecular complexity index is 870. The smallest absolute Gasteiger partial charge is 0.253 e. The van der Waals surface area contributed by atoms with Crippen molar-refractivity contribution >= 4 is 29.1 Å². The largest absolute Gasteiger partial charge is 0.337 e. The van der Waals surface area contributed by atoms with Crippen molar-refractivity contribution < 1.29 is 4.79 Å². The molecule has 0 saturated carbocycles. The Kier molecular flexibility index (Phi) is 6.99. The molecule has 2 fully saturated rings. The molecule has 0 aromatic heterocycles. The summed E-state index contributed by atoms with van der Waals surface area (Å²) in [4.78, 5) is 20.3. The van der Waals surface area contributed by atoms with Crippen LogP contribution in [0.2, 0.25) is 10.0 Å². The lowest BCUT2D eigenvalue weighted by Gasteiger charge is -2.46. The second-order valence-electron chi connectivity index (χ2n) is 8.43. The van der Waals surface area contributed by atoms with E-state index in [4.69, 9.17) is 23.2 Å². The normalized spacial score (nSPS) is 22.9. The highest BCUT2D eigenvalue weighted by Gasteiger charge is 2.38. The summed E-state index contributed by atoms with van der Waals surface area (Å²) in [6, 6.07) is 16.3. The molecule has 2 saturated heterocycles. The van der Waals surface area contributed by atoms with Crippen molar-refractivity contribution in [1.29, 1.82) is 0 Å². The van der Waals surface area contributed by atoms with Crippen LogP contribution in [-0.4, -0.2) is 65.9 Å². The zero-order valence-corrected chi connectivity index (χ0v) is 18.9. The summed E-state index contributed by atoms with van der Waals surface area (Å²) in [5, 5.41) is 0.893. The molecule has 2 aromatic carbocycles. The monoisotopic (exact) mass is 445 g/mol. The van der Waals surface area contributed by atoms with Crippen LogP contribution in [0.25, 0.3) is 0 Å². The third-order valence-electron chi connectivity index (χ3n) is 6.47. The van der Waals surface area contributed by atoms with E-state index in [-0.39, 0.29) is 11.9 Å². The van der Waals surface area contributed by atoms with Gasteiger partial charge in [0.15, 0.2) is 0 Å². The average Bonchev–Trinajstić information content (AvgIpc) is 3.30. The van der Waals surface area contributed by atoms with Crippen LogP contribution in [0.3, 0.4) is 0 Å². The molecule has 0 bridgehead atoms. The molecule has 1 amide bonds. The van der Waals surface area contributed by atoms with Crippen molar-refractivity contribution in [3.05, 3.63) is 69.7 Å². The molecule has 0 aliphatic carbocycles. The van der Waals surface area contributed by atoms with Crippen LogP contribution in [0.5, 0.6) is 0 Å². The maximum absolute atomic E-state index is 13.2. The number of hydrogen-bond donors (Lipinski definition) is 0. The summed E-state index contributed by atoms with van der Waals surface area (Å²) >= 11 is 12.2. The number of halogens is 2. The molecule has 2 unspecified atom stereocenters. The Morgan fingerprint density at radius 2 is 1.77 bits per heavy atom. The van der Waals surface area contributed by atoms with Crippen molar-refractivity contribution in [3.8, 4) is 0 Å². The Labute approximate surface area is 189 Å². The number of likely N-dealkylation sites (N-methyl/N-ethyl adjacent to an activating group) is 1. The minimum atomic E-state index is 0.0132. The summed E-state index contributed by atoms with van der Waals surface area (Å²) in [5.41, 5.74) is 1.94. The highest BCUT2D eigenvalue weighted by atomic mass is 35.5. The molecule has 0 N–H and O–H groups in total. The fourth-order valence-electron chi connectivity index (χ4n) is 4.84. The molecular formula is C24H29Cl2N3O. The van der Waals surface area contributed by atoms with E-state index in [1.54, 1.807) is 18.2 Å². The maximum atomic E-state index is 13.2. The predicted octanol–water partition coefficient (Wildman–Crippen LogP) is 4.80. The third kappa shape index (κ3) is 4.83. The van der Waals surface area contributed by atoms with Crippen LogP contribution >= 0.6 is 23.2 Å². The van der Waals surface area contributed by atoms with Gasteiger partial charge in [-0.15, -0.1) is 0 Å². The van der Waals surface area contributed by atoms with Gasteiger partial charge in [0.05, 0.1) is 10.0 Å². The highest BCUT2D eigenvalue weighted by molar-refractivity contribution is 6.42. The lowest BCUT2D eigenvalue weighted by Crippen LogP contribution is -2.60. The quantitative estimate of drug-likeness (QED) is 0.660. The van der Waals surface area contributed by atoms with Gasteiger partial charge in [-0.3, -0.25) is 14.6 Å². The van der Waals surface area contributed by atoms with Gasteiger partial charge in [0.25, 0.3) is 5.91 Å². The van der Waals surface area contributed by atoms with Crippen molar-refractivity contribution in [2.24, 2.45) is 0 Å². The highest BCUT2D eigenvalue weighted by Crippen LogP contribution is 2.28. The van der Waals surface area contributed by atoms with Gasteiger partial charge < -0.3 is 4.90 Å². The first-order valence-electron chi connectivity index (χ1n) is 10.8. The van der Waals surface area contributed by atoms with Crippen molar-refractivity contribution in [1.82, 2.24) is 14.7 Å². The molecule has 2 heterocycles. The molecule has 6 heteroatoms. The SMILES string of the molecule is CN(C(=O)c1ccc(Cl)c(Cl)c1)C1CCN(Cc2ccccc2)CC1N1CCCC1. The van der Waals surface area contributed by atoms with E-state index in [0.717, 1.165) is 39.1 Å². The van der Waals surface area contributed by atoms with E-state index >= 15 is 0 Å². The number of benzene rings is 2. The van der Waals surface area contributed by atoms with Gasteiger partial charge in [-0.2, -0.15) is 0 Å². The zero-order chi connectivity index (χ0) is 21.1. The van der Waals surface area contributed by atoms with E-state index in [0.29, 0.717) is 21.7 Å². The van der Waals surface area contributed by atoms with Crippen LogP contribution in [0.4, 0.5) is 0 Å².